The van der Waals surface area contributed by atoms with E-state index in [4.69, 9.17) is 4.42 Å². The Bertz CT molecular complexity index is 1420. The molecule has 0 bridgehead atoms. The summed E-state index contributed by atoms with van der Waals surface area (Å²) in [5, 5.41) is 2.82. The van der Waals surface area contributed by atoms with Crippen LogP contribution in [0.5, 0.6) is 0 Å². The van der Waals surface area contributed by atoms with Crippen molar-refractivity contribution in [1.82, 2.24) is 4.57 Å². The molecule has 2 aromatic carbocycles. The number of benzene rings is 2. The second-order valence-corrected chi connectivity index (χ2v) is 10.0. The van der Waals surface area contributed by atoms with Gasteiger partial charge in [0, 0.05) is 12.2 Å². The maximum Gasteiger partial charge on any atom is 0.292 e. The Morgan fingerprint density at radius 3 is 2.30 bits per heavy atom. The quantitative estimate of drug-likeness (QED) is 0.413. The minimum Gasteiger partial charge on any atom is -0.459 e. The number of hydrogen-bond acceptors (Lipinski definition) is 4. The van der Waals surface area contributed by atoms with Crippen molar-refractivity contribution < 1.29 is 17.6 Å². The molecule has 0 aliphatic heterocycles. The first-order valence-electron chi connectivity index (χ1n) is 10.6. The van der Waals surface area contributed by atoms with Gasteiger partial charge in [0.15, 0.2) is 5.76 Å². The highest BCUT2D eigenvalue weighted by molar-refractivity contribution is 7.91. The van der Waals surface area contributed by atoms with Crippen LogP contribution in [0.3, 0.4) is 0 Å². The SMILES string of the molecule is Cc1ccc(S(=O)(=O)c2c(C)c(C)n(Cc3ccccc3)c2NC(=O)c2ccco2)cc1C. The maximum atomic E-state index is 13.8. The van der Waals surface area contributed by atoms with Gasteiger partial charge in [0.2, 0.25) is 9.84 Å². The molecule has 1 amide bonds. The average molecular weight is 463 g/mol. The summed E-state index contributed by atoms with van der Waals surface area (Å²) in [5.74, 6) is -0.177. The third-order valence-corrected chi connectivity index (χ3v) is 7.90. The van der Waals surface area contributed by atoms with Crippen molar-refractivity contribution in [2.75, 3.05) is 5.32 Å². The number of furan rings is 1. The summed E-state index contributed by atoms with van der Waals surface area (Å²) in [6.45, 7) is 7.86. The van der Waals surface area contributed by atoms with Crippen molar-refractivity contribution in [3.8, 4) is 0 Å². The Kier molecular flexibility index (Phi) is 5.99. The van der Waals surface area contributed by atoms with Crippen LogP contribution in [-0.2, 0) is 16.4 Å². The highest BCUT2D eigenvalue weighted by Gasteiger charge is 2.31. The van der Waals surface area contributed by atoms with Gasteiger partial charge in [0.1, 0.15) is 10.7 Å². The van der Waals surface area contributed by atoms with Gasteiger partial charge >= 0.3 is 0 Å². The standard InChI is InChI=1S/C26H26N2O4S/c1-17-12-13-22(15-18(17)2)33(30,31)24-19(3)20(4)28(16-21-9-6-5-7-10-21)25(24)27-26(29)23-11-8-14-32-23/h5-15H,16H2,1-4H3,(H,27,29). The Morgan fingerprint density at radius 2 is 1.67 bits per heavy atom. The first kappa shape index (κ1) is 22.6. The molecule has 4 rings (SSSR count). The molecule has 4 aromatic rings. The predicted octanol–water partition coefficient (Wildman–Crippen LogP) is 5.45. The normalized spacial score (nSPS) is 11.5. The molecule has 1 N–H and O–H groups in total. The fourth-order valence-corrected chi connectivity index (χ4v) is 5.61. The second kappa shape index (κ2) is 8.75. The van der Waals surface area contributed by atoms with Gasteiger partial charge in [0.25, 0.3) is 5.91 Å². The Labute approximate surface area is 193 Å². The van der Waals surface area contributed by atoms with Crippen LogP contribution in [-0.4, -0.2) is 18.9 Å². The molecule has 0 aliphatic carbocycles. The molecule has 0 spiro atoms. The lowest BCUT2D eigenvalue weighted by atomic mass is 10.1. The number of nitrogens with one attached hydrogen (secondary N) is 1. The van der Waals surface area contributed by atoms with E-state index in [1.165, 1.54) is 12.3 Å². The van der Waals surface area contributed by atoms with Crippen molar-refractivity contribution in [2.45, 2.75) is 44.0 Å². The number of rotatable bonds is 6. The van der Waals surface area contributed by atoms with E-state index >= 15 is 0 Å². The zero-order valence-corrected chi connectivity index (χ0v) is 19.9. The van der Waals surface area contributed by atoms with Gasteiger partial charge in [0.05, 0.1) is 11.2 Å². The summed E-state index contributed by atoms with van der Waals surface area (Å²) in [6.07, 6.45) is 1.40. The summed E-state index contributed by atoms with van der Waals surface area (Å²) < 4.78 is 34.7. The molecular weight excluding hydrogens is 436 g/mol. The Balaban J connectivity index is 1.90. The van der Waals surface area contributed by atoms with Crippen molar-refractivity contribution in [1.29, 1.82) is 0 Å². The molecule has 0 saturated heterocycles. The largest absolute Gasteiger partial charge is 0.459 e. The highest BCUT2D eigenvalue weighted by Crippen LogP contribution is 2.36. The predicted molar refractivity (Wildman–Crippen MR) is 127 cm³/mol. The zero-order chi connectivity index (χ0) is 23.8. The van der Waals surface area contributed by atoms with Gasteiger partial charge in [-0.15, -0.1) is 0 Å². The van der Waals surface area contributed by atoms with Crippen LogP contribution < -0.4 is 5.32 Å². The van der Waals surface area contributed by atoms with Crippen LogP contribution in [0.25, 0.3) is 0 Å². The van der Waals surface area contributed by atoms with E-state index in [2.05, 4.69) is 5.32 Å². The zero-order valence-electron chi connectivity index (χ0n) is 19.0. The monoisotopic (exact) mass is 462 g/mol. The molecule has 7 heteroatoms. The molecule has 33 heavy (non-hydrogen) atoms. The first-order valence-corrected chi connectivity index (χ1v) is 12.1. The third-order valence-electron chi connectivity index (χ3n) is 5.99. The van der Waals surface area contributed by atoms with Gasteiger partial charge in [-0.2, -0.15) is 0 Å². The number of amides is 1. The highest BCUT2D eigenvalue weighted by atomic mass is 32.2. The number of carbonyl (C=O) groups excluding carboxylic acids is 1. The van der Waals surface area contributed by atoms with Crippen molar-refractivity contribution in [3.63, 3.8) is 0 Å². The van der Waals surface area contributed by atoms with Crippen LogP contribution >= 0.6 is 0 Å². The number of aryl methyl sites for hydroxylation is 2. The molecule has 0 saturated carbocycles. The van der Waals surface area contributed by atoms with E-state index in [0.717, 1.165) is 22.4 Å². The molecule has 0 unspecified atom stereocenters. The topological polar surface area (TPSA) is 81.3 Å². The van der Waals surface area contributed by atoms with E-state index in [9.17, 15) is 13.2 Å². The number of hydrogen-bond donors (Lipinski definition) is 1. The number of sulfone groups is 1. The number of carbonyl (C=O) groups is 1. The van der Waals surface area contributed by atoms with E-state index in [-0.39, 0.29) is 21.4 Å². The van der Waals surface area contributed by atoms with Gasteiger partial charge in [-0.05, 0) is 74.2 Å². The van der Waals surface area contributed by atoms with Gasteiger partial charge < -0.3 is 14.3 Å². The third kappa shape index (κ3) is 4.24. The summed E-state index contributed by atoms with van der Waals surface area (Å²) >= 11 is 0. The summed E-state index contributed by atoms with van der Waals surface area (Å²) in [5.41, 5.74) is 4.24. The van der Waals surface area contributed by atoms with Crippen LogP contribution in [0.15, 0.2) is 81.1 Å². The summed E-state index contributed by atoms with van der Waals surface area (Å²) in [7, 11) is -3.91. The fourth-order valence-electron chi connectivity index (χ4n) is 3.83. The lowest BCUT2D eigenvalue weighted by Gasteiger charge is -2.14. The van der Waals surface area contributed by atoms with Crippen LogP contribution in [0.4, 0.5) is 5.82 Å². The molecular formula is C26H26N2O4S. The van der Waals surface area contributed by atoms with E-state index < -0.39 is 15.7 Å². The average Bonchev–Trinajstić information content (AvgIpc) is 3.40. The lowest BCUT2D eigenvalue weighted by Crippen LogP contribution is -2.18. The summed E-state index contributed by atoms with van der Waals surface area (Å²) in [4.78, 5) is 13.2. The molecule has 2 heterocycles. The van der Waals surface area contributed by atoms with Crippen molar-refractivity contribution in [2.24, 2.45) is 0 Å². The molecule has 2 aromatic heterocycles. The Morgan fingerprint density at radius 1 is 0.939 bits per heavy atom. The molecule has 170 valence electrons. The van der Waals surface area contributed by atoms with Crippen molar-refractivity contribution >= 4 is 21.6 Å². The van der Waals surface area contributed by atoms with E-state index in [0.29, 0.717) is 12.1 Å². The van der Waals surface area contributed by atoms with Gasteiger partial charge in [-0.25, -0.2) is 8.42 Å². The number of nitrogens with zero attached hydrogens (tertiary/aromatic N) is 1. The molecule has 0 atom stereocenters. The minimum absolute atomic E-state index is 0.0964. The van der Waals surface area contributed by atoms with E-state index in [1.54, 1.807) is 31.2 Å². The van der Waals surface area contributed by atoms with Crippen LogP contribution in [0.1, 0.15) is 38.5 Å². The van der Waals surface area contributed by atoms with E-state index in [1.807, 2.05) is 55.7 Å². The van der Waals surface area contributed by atoms with Gasteiger partial charge in [-0.1, -0.05) is 36.4 Å². The summed E-state index contributed by atoms with van der Waals surface area (Å²) in [6, 6.07) is 17.9. The van der Waals surface area contributed by atoms with Crippen LogP contribution in [0, 0.1) is 27.7 Å². The van der Waals surface area contributed by atoms with Crippen molar-refractivity contribution in [3.05, 3.63) is 101 Å². The maximum absolute atomic E-state index is 13.8. The second-order valence-electron chi connectivity index (χ2n) is 8.14. The number of aromatic nitrogens is 1. The smallest absolute Gasteiger partial charge is 0.292 e. The molecule has 0 aliphatic rings. The Hall–Kier alpha value is -3.58. The minimum atomic E-state index is -3.91. The lowest BCUT2D eigenvalue weighted by molar-refractivity contribution is 0.0995. The molecule has 0 fully saturated rings. The molecule has 0 radical (unpaired) electrons. The molecule has 6 nitrogen and oxygen atoms in total. The number of anilines is 1. The fraction of sp³-hybridized carbons (Fsp3) is 0.192. The van der Waals surface area contributed by atoms with Gasteiger partial charge in [-0.3, -0.25) is 4.79 Å². The van der Waals surface area contributed by atoms with Crippen LogP contribution in [0.2, 0.25) is 0 Å². The first-order chi connectivity index (χ1) is 15.7.